The molecule has 2 aromatic rings. The molecular formula is C17H24N5O2S-. The summed E-state index contributed by atoms with van der Waals surface area (Å²) >= 11 is -2.29. The fraction of sp³-hybridized carbons (Fsp3) is 0.588. The summed E-state index contributed by atoms with van der Waals surface area (Å²) in [6, 6.07) is 5.45. The predicted octanol–water partition coefficient (Wildman–Crippen LogP) is 3.12. The highest BCUT2D eigenvalue weighted by Crippen LogP contribution is 2.30. The average molecular weight is 362 g/mol. The van der Waals surface area contributed by atoms with E-state index in [1.165, 1.54) is 19.3 Å². The maximum absolute atomic E-state index is 11.4. The van der Waals surface area contributed by atoms with Crippen LogP contribution in [-0.4, -0.2) is 35.0 Å². The lowest BCUT2D eigenvalue weighted by atomic mass is 9.95. The summed E-state index contributed by atoms with van der Waals surface area (Å²) in [6.45, 7) is 2.82. The molecule has 1 N–H and O–H groups in total. The minimum atomic E-state index is -2.29. The highest BCUT2D eigenvalue weighted by molar-refractivity contribution is 7.79. The molecule has 0 bridgehead atoms. The van der Waals surface area contributed by atoms with E-state index in [2.05, 4.69) is 27.7 Å². The third-order valence-electron chi connectivity index (χ3n) is 4.55. The first-order chi connectivity index (χ1) is 12.2. The van der Waals surface area contributed by atoms with E-state index in [4.69, 9.17) is 0 Å². The van der Waals surface area contributed by atoms with Crippen LogP contribution < -0.4 is 5.32 Å². The molecule has 1 aliphatic rings. The van der Waals surface area contributed by atoms with Gasteiger partial charge in [0.25, 0.3) is 0 Å². The van der Waals surface area contributed by atoms with Crippen LogP contribution in [0.5, 0.6) is 0 Å². The van der Waals surface area contributed by atoms with E-state index in [9.17, 15) is 8.76 Å². The summed E-state index contributed by atoms with van der Waals surface area (Å²) in [5.74, 6) is 0.460. The van der Waals surface area contributed by atoms with Gasteiger partial charge < -0.3 is 9.87 Å². The van der Waals surface area contributed by atoms with Crippen molar-refractivity contribution >= 4 is 16.8 Å². The van der Waals surface area contributed by atoms with E-state index in [0.29, 0.717) is 24.0 Å². The lowest BCUT2D eigenvalue weighted by molar-refractivity contribution is 0.463. The number of anilines is 1. The van der Waals surface area contributed by atoms with Crippen molar-refractivity contribution in [2.45, 2.75) is 69.4 Å². The van der Waals surface area contributed by atoms with Gasteiger partial charge in [-0.1, -0.05) is 32.6 Å². The number of unbranched alkanes of at least 4 members (excludes halogenated alkanes) is 1. The van der Waals surface area contributed by atoms with Gasteiger partial charge >= 0.3 is 0 Å². The van der Waals surface area contributed by atoms with Crippen molar-refractivity contribution in [3.8, 4) is 11.4 Å². The van der Waals surface area contributed by atoms with Crippen molar-refractivity contribution in [3.63, 3.8) is 0 Å². The topological polar surface area (TPSA) is 95.8 Å². The minimum Gasteiger partial charge on any atom is -0.768 e. The largest absolute Gasteiger partial charge is 0.768 e. The second kappa shape index (κ2) is 8.53. The lowest BCUT2D eigenvalue weighted by Gasteiger charge is -2.25. The van der Waals surface area contributed by atoms with E-state index in [1.807, 2.05) is 6.07 Å². The Morgan fingerprint density at radius 3 is 2.84 bits per heavy atom. The van der Waals surface area contributed by atoms with Gasteiger partial charge in [0.1, 0.15) is 0 Å². The van der Waals surface area contributed by atoms with Crippen molar-refractivity contribution in [2.75, 3.05) is 5.32 Å². The Labute approximate surface area is 150 Å². The number of nitrogens with one attached hydrogen (secondary N) is 1. The number of aromatic nitrogens is 4. The molecule has 1 fully saturated rings. The first-order valence-electron chi connectivity index (χ1n) is 8.95. The maximum Gasteiger partial charge on any atom is 0.207 e. The van der Waals surface area contributed by atoms with Crippen molar-refractivity contribution in [3.05, 3.63) is 18.2 Å². The van der Waals surface area contributed by atoms with Gasteiger partial charge in [-0.2, -0.15) is 4.80 Å². The normalized spacial score (nSPS) is 16.7. The molecule has 1 aliphatic carbocycles. The lowest BCUT2D eigenvalue weighted by Crippen LogP contribution is -2.22. The van der Waals surface area contributed by atoms with E-state index in [0.717, 1.165) is 31.4 Å². The second-order valence-electron chi connectivity index (χ2n) is 6.48. The van der Waals surface area contributed by atoms with Gasteiger partial charge in [-0.05, 0) is 53.8 Å². The Morgan fingerprint density at radius 2 is 2.12 bits per heavy atom. The molecular weight excluding hydrogens is 338 g/mol. The van der Waals surface area contributed by atoms with E-state index in [1.54, 1.807) is 16.9 Å². The molecule has 0 spiro atoms. The monoisotopic (exact) mass is 362 g/mol. The standard InChI is InChI=1S/C17H25N5O2S/c1-2-3-11-22-20-17(19-21-22)15-12-14(25(23)24)9-10-16(15)18-13-7-5-4-6-8-13/h9-10,12-13,18H,2-8,11H2,1H3,(H,23,24)/p-1. The zero-order valence-corrected chi connectivity index (χ0v) is 15.3. The molecule has 1 aromatic heterocycles. The summed E-state index contributed by atoms with van der Waals surface area (Å²) < 4.78 is 22.7. The molecule has 0 aliphatic heterocycles. The fourth-order valence-electron chi connectivity index (χ4n) is 3.15. The molecule has 1 heterocycles. The molecule has 3 rings (SSSR count). The maximum atomic E-state index is 11.4. The number of hydrogen-bond donors (Lipinski definition) is 1. The summed E-state index contributed by atoms with van der Waals surface area (Å²) in [6.07, 6.45) is 8.02. The Hall–Kier alpha value is -1.80. The summed E-state index contributed by atoms with van der Waals surface area (Å²) in [5, 5.41) is 16.2. The van der Waals surface area contributed by atoms with E-state index in [-0.39, 0.29) is 4.90 Å². The number of hydrogen-bond acceptors (Lipinski definition) is 6. The van der Waals surface area contributed by atoms with Crippen LogP contribution in [0.2, 0.25) is 0 Å². The molecule has 8 heteroatoms. The van der Waals surface area contributed by atoms with Crippen molar-refractivity contribution in [1.82, 2.24) is 20.2 Å². The average Bonchev–Trinajstić information content (AvgIpc) is 3.09. The van der Waals surface area contributed by atoms with Crippen LogP contribution in [0.3, 0.4) is 0 Å². The van der Waals surface area contributed by atoms with Crippen LogP contribution in [0.25, 0.3) is 11.4 Å². The number of aryl methyl sites for hydroxylation is 1. The molecule has 0 radical (unpaired) electrons. The highest BCUT2D eigenvalue weighted by atomic mass is 32.2. The van der Waals surface area contributed by atoms with Gasteiger partial charge in [0.05, 0.1) is 6.54 Å². The molecule has 0 saturated heterocycles. The molecule has 0 amide bonds. The second-order valence-corrected chi connectivity index (χ2v) is 7.42. The van der Waals surface area contributed by atoms with Crippen LogP contribution in [0.4, 0.5) is 5.69 Å². The van der Waals surface area contributed by atoms with Crippen LogP contribution in [0.15, 0.2) is 23.1 Å². The number of rotatable bonds is 7. The van der Waals surface area contributed by atoms with Gasteiger partial charge in [0.15, 0.2) is 0 Å². The third-order valence-corrected chi connectivity index (χ3v) is 5.19. The molecule has 1 saturated carbocycles. The van der Waals surface area contributed by atoms with Crippen molar-refractivity contribution < 1.29 is 8.76 Å². The predicted molar refractivity (Wildman–Crippen MR) is 95.8 cm³/mol. The number of nitrogens with zero attached hydrogens (tertiary/aromatic N) is 4. The third kappa shape index (κ3) is 4.64. The Kier molecular flexibility index (Phi) is 6.14. The Morgan fingerprint density at radius 1 is 1.32 bits per heavy atom. The van der Waals surface area contributed by atoms with Gasteiger partial charge in [0.2, 0.25) is 5.82 Å². The zero-order chi connectivity index (χ0) is 17.6. The first-order valence-corrected chi connectivity index (χ1v) is 10.0. The number of tetrazole rings is 1. The minimum absolute atomic E-state index is 0.231. The van der Waals surface area contributed by atoms with E-state index >= 15 is 0 Å². The van der Waals surface area contributed by atoms with Gasteiger partial charge in [-0.25, -0.2) is 0 Å². The zero-order valence-electron chi connectivity index (χ0n) is 14.5. The highest BCUT2D eigenvalue weighted by Gasteiger charge is 2.17. The van der Waals surface area contributed by atoms with Gasteiger partial charge in [0, 0.05) is 22.2 Å². The summed E-state index contributed by atoms with van der Waals surface area (Å²) in [7, 11) is 0. The number of benzene rings is 1. The van der Waals surface area contributed by atoms with Gasteiger partial charge in [-0.15, -0.1) is 10.2 Å². The van der Waals surface area contributed by atoms with Crippen molar-refractivity contribution in [2.24, 2.45) is 0 Å². The van der Waals surface area contributed by atoms with Crippen molar-refractivity contribution in [1.29, 1.82) is 0 Å². The molecule has 1 atom stereocenters. The van der Waals surface area contributed by atoms with Crippen LogP contribution in [-0.2, 0) is 17.6 Å². The first kappa shape index (κ1) is 18.0. The summed E-state index contributed by atoms with van der Waals surface area (Å²) in [4.78, 5) is 1.80. The fourth-order valence-corrected chi connectivity index (χ4v) is 3.54. The summed E-state index contributed by atoms with van der Waals surface area (Å²) in [5.41, 5.74) is 1.56. The molecule has 25 heavy (non-hydrogen) atoms. The van der Waals surface area contributed by atoms with Crippen LogP contribution in [0.1, 0.15) is 51.9 Å². The van der Waals surface area contributed by atoms with Crippen LogP contribution in [0, 0.1) is 0 Å². The molecule has 136 valence electrons. The smallest absolute Gasteiger partial charge is 0.207 e. The van der Waals surface area contributed by atoms with Crippen LogP contribution >= 0.6 is 0 Å². The molecule has 1 aromatic carbocycles. The van der Waals surface area contributed by atoms with Gasteiger partial charge in [-0.3, -0.25) is 4.21 Å². The van der Waals surface area contributed by atoms with E-state index < -0.39 is 11.1 Å². The quantitative estimate of drug-likeness (QED) is 0.760. The molecule has 7 nitrogen and oxygen atoms in total. The Bertz CT molecular complexity index is 728. The Balaban J connectivity index is 1.89. The SMILES string of the molecule is CCCCn1nnc(-c2cc(S(=O)[O-])ccc2NC2CCCCC2)n1. The molecule has 1 unspecified atom stereocenters.